The van der Waals surface area contributed by atoms with Crippen molar-refractivity contribution in [2.45, 2.75) is 26.5 Å². The molecule has 0 fully saturated rings. The van der Waals surface area contributed by atoms with Crippen LogP contribution in [0.4, 0.5) is 0 Å². The first-order valence-electron chi connectivity index (χ1n) is 5.22. The number of ether oxygens (including phenoxy) is 2. The molecule has 16 heavy (non-hydrogen) atoms. The Morgan fingerprint density at radius 3 is 2.75 bits per heavy atom. The summed E-state index contributed by atoms with van der Waals surface area (Å²) in [6.45, 7) is 5.33. The van der Waals surface area contributed by atoms with Gasteiger partial charge in [-0.1, -0.05) is 11.6 Å². The smallest absolute Gasteiger partial charge is 0.232 e. The second-order valence-electron chi connectivity index (χ2n) is 3.60. The number of nitrogens with two attached hydrogens (primary N) is 1. The van der Waals surface area contributed by atoms with E-state index in [2.05, 4.69) is 4.98 Å². The minimum absolute atomic E-state index is 0.201. The van der Waals surface area contributed by atoms with Gasteiger partial charge in [-0.25, -0.2) is 4.98 Å². The monoisotopic (exact) mass is 244 g/mol. The van der Waals surface area contributed by atoms with Crippen LogP contribution >= 0.6 is 11.6 Å². The van der Waals surface area contributed by atoms with Crippen LogP contribution in [0.1, 0.15) is 19.4 Å². The Morgan fingerprint density at radius 2 is 2.19 bits per heavy atom. The summed E-state index contributed by atoms with van der Waals surface area (Å²) in [5.74, 6) is 0.422. The van der Waals surface area contributed by atoms with E-state index in [-0.39, 0.29) is 6.10 Å². The molecule has 4 nitrogen and oxygen atoms in total. The van der Waals surface area contributed by atoms with Crippen molar-refractivity contribution in [1.29, 1.82) is 0 Å². The fraction of sp³-hybridized carbons (Fsp3) is 0.545. The highest BCUT2D eigenvalue weighted by molar-refractivity contribution is 6.31. The lowest BCUT2D eigenvalue weighted by atomic mass is 10.3. The lowest BCUT2D eigenvalue weighted by Gasteiger charge is -2.09. The van der Waals surface area contributed by atoms with Crippen molar-refractivity contribution in [3.05, 3.63) is 22.8 Å². The maximum Gasteiger partial charge on any atom is 0.232 e. The van der Waals surface area contributed by atoms with Crippen LogP contribution in [-0.4, -0.2) is 24.3 Å². The Balaban J connectivity index is 2.42. The van der Waals surface area contributed by atoms with Crippen LogP contribution in [0.3, 0.4) is 0 Å². The first-order valence-corrected chi connectivity index (χ1v) is 5.60. The average molecular weight is 245 g/mol. The first kappa shape index (κ1) is 13.2. The molecule has 0 unspecified atom stereocenters. The van der Waals surface area contributed by atoms with Crippen molar-refractivity contribution in [1.82, 2.24) is 4.98 Å². The standard InChI is InChI=1S/C11H17ClN2O2/c1-8(2)15-3-4-16-11-10(12)5-9(6-13)7-14-11/h5,7-8H,3-4,6,13H2,1-2H3. The van der Waals surface area contributed by atoms with Crippen molar-refractivity contribution < 1.29 is 9.47 Å². The Kier molecular flexibility index (Phi) is 5.52. The van der Waals surface area contributed by atoms with Gasteiger partial charge in [-0.2, -0.15) is 0 Å². The van der Waals surface area contributed by atoms with Crippen molar-refractivity contribution >= 4 is 11.6 Å². The molecule has 0 aliphatic carbocycles. The highest BCUT2D eigenvalue weighted by Crippen LogP contribution is 2.21. The van der Waals surface area contributed by atoms with Gasteiger partial charge < -0.3 is 15.2 Å². The van der Waals surface area contributed by atoms with Gasteiger partial charge >= 0.3 is 0 Å². The summed E-state index contributed by atoms with van der Waals surface area (Å²) >= 11 is 5.97. The summed E-state index contributed by atoms with van der Waals surface area (Å²) in [6.07, 6.45) is 1.86. The molecule has 1 heterocycles. The molecule has 0 aromatic carbocycles. The van der Waals surface area contributed by atoms with Crippen molar-refractivity contribution in [2.24, 2.45) is 5.73 Å². The van der Waals surface area contributed by atoms with Gasteiger partial charge in [-0.05, 0) is 25.5 Å². The number of aromatic nitrogens is 1. The summed E-state index contributed by atoms with van der Waals surface area (Å²) in [6, 6.07) is 1.76. The van der Waals surface area contributed by atoms with Gasteiger partial charge in [0.25, 0.3) is 0 Å². The maximum absolute atomic E-state index is 5.97. The van der Waals surface area contributed by atoms with E-state index in [1.165, 1.54) is 0 Å². The molecule has 90 valence electrons. The van der Waals surface area contributed by atoms with E-state index in [0.29, 0.717) is 30.7 Å². The van der Waals surface area contributed by atoms with Crippen LogP contribution in [0.5, 0.6) is 5.88 Å². The molecular formula is C11H17ClN2O2. The van der Waals surface area contributed by atoms with Crippen LogP contribution in [-0.2, 0) is 11.3 Å². The van der Waals surface area contributed by atoms with Crippen molar-refractivity contribution in [2.75, 3.05) is 13.2 Å². The highest BCUT2D eigenvalue weighted by atomic mass is 35.5. The predicted molar refractivity (Wildman–Crippen MR) is 63.7 cm³/mol. The third-order valence-electron chi connectivity index (χ3n) is 1.87. The van der Waals surface area contributed by atoms with Crippen molar-refractivity contribution in [3.63, 3.8) is 0 Å². The maximum atomic E-state index is 5.97. The summed E-state index contributed by atoms with van der Waals surface area (Å²) in [4.78, 5) is 4.08. The van der Waals surface area contributed by atoms with Crippen LogP contribution in [0, 0.1) is 0 Å². The minimum atomic E-state index is 0.201. The van der Waals surface area contributed by atoms with Gasteiger partial charge in [0.2, 0.25) is 5.88 Å². The fourth-order valence-corrected chi connectivity index (χ4v) is 1.35. The lowest BCUT2D eigenvalue weighted by Crippen LogP contribution is -2.12. The van der Waals surface area contributed by atoms with Gasteiger partial charge in [0.05, 0.1) is 12.7 Å². The Hall–Kier alpha value is -0.840. The second-order valence-corrected chi connectivity index (χ2v) is 4.01. The molecule has 0 atom stereocenters. The van der Waals surface area contributed by atoms with Gasteiger partial charge in [0.15, 0.2) is 0 Å². The fourth-order valence-electron chi connectivity index (χ4n) is 1.10. The number of pyridine rings is 1. The van der Waals surface area contributed by atoms with Gasteiger partial charge in [0, 0.05) is 12.7 Å². The SMILES string of the molecule is CC(C)OCCOc1ncc(CN)cc1Cl. The third-order valence-corrected chi connectivity index (χ3v) is 2.14. The number of hydrogen-bond donors (Lipinski definition) is 1. The van der Waals surface area contributed by atoms with Crippen LogP contribution in [0.25, 0.3) is 0 Å². The summed E-state index contributed by atoms with van der Waals surface area (Å²) in [5, 5.41) is 0.479. The lowest BCUT2D eigenvalue weighted by molar-refractivity contribution is 0.0543. The molecule has 0 radical (unpaired) electrons. The molecule has 0 amide bonds. The summed E-state index contributed by atoms with van der Waals surface area (Å²) < 4.78 is 10.7. The Labute approximate surface area is 101 Å². The zero-order valence-corrected chi connectivity index (χ0v) is 10.3. The number of halogens is 1. The van der Waals surface area contributed by atoms with Crippen LogP contribution < -0.4 is 10.5 Å². The molecule has 1 aromatic heterocycles. The molecule has 0 spiro atoms. The molecule has 0 bridgehead atoms. The van der Waals surface area contributed by atoms with E-state index >= 15 is 0 Å². The van der Waals surface area contributed by atoms with Crippen molar-refractivity contribution in [3.8, 4) is 5.88 Å². The molecule has 5 heteroatoms. The molecule has 1 aromatic rings. The van der Waals surface area contributed by atoms with E-state index in [1.807, 2.05) is 13.8 Å². The molecule has 2 N–H and O–H groups in total. The van der Waals surface area contributed by atoms with Crippen LogP contribution in [0.15, 0.2) is 12.3 Å². The molecule has 0 aliphatic heterocycles. The first-order chi connectivity index (χ1) is 7.63. The summed E-state index contributed by atoms with van der Waals surface area (Å²) in [5.41, 5.74) is 6.35. The number of hydrogen-bond acceptors (Lipinski definition) is 4. The van der Waals surface area contributed by atoms with Gasteiger partial charge in [0.1, 0.15) is 11.6 Å². The molecule has 0 aliphatic rings. The second kappa shape index (κ2) is 6.68. The number of nitrogens with zero attached hydrogens (tertiary/aromatic N) is 1. The Morgan fingerprint density at radius 1 is 1.44 bits per heavy atom. The Bertz CT molecular complexity index is 332. The van der Waals surface area contributed by atoms with Gasteiger partial charge in [-0.3, -0.25) is 0 Å². The van der Waals surface area contributed by atoms with E-state index in [9.17, 15) is 0 Å². The third kappa shape index (κ3) is 4.35. The minimum Gasteiger partial charge on any atom is -0.474 e. The molecular weight excluding hydrogens is 228 g/mol. The van der Waals surface area contributed by atoms with Crippen LogP contribution in [0.2, 0.25) is 5.02 Å². The van der Waals surface area contributed by atoms with Gasteiger partial charge in [-0.15, -0.1) is 0 Å². The summed E-state index contributed by atoms with van der Waals surface area (Å²) in [7, 11) is 0. The zero-order valence-electron chi connectivity index (χ0n) is 9.57. The largest absolute Gasteiger partial charge is 0.474 e. The highest BCUT2D eigenvalue weighted by Gasteiger charge is 2.04. The topological polar surface area (TPSA) is 57.4 Å². The van der Waals surface area contributed by atoms with E-state index in [4.69, 9.17) is 26.8 Å². The normalized spacial score (nSPS) is 10.8. The predicted octanol–water partition coefficient (Wildman–Crippen LogP) is 2.00. The zero-order chi connectivity index (χ0) is 12.0. The van der Waals surface area contributed by atoms with E-state index < -0.39 is 0 Å². The van der Waals surface area contributed by atoms with E-state index in [1.54, 1.807) is 12.3 Å². The number of rotatable bonds is 6. The quantitative estimate of drug-likeness (QED) is 0.778. The molecule has 0 saturated heterocycles. The average Bonchev–Trinajstić information content (AvgIpc) is 2.25. The molecule has 0 saturated carbocycles. The molecule has 1 rings (SSSR count). The van der Waals surface area contributed by atoms with E-state index in [0.717, 1.165) is 5.56 Å².